The van der Waals surface area contributed by atoms with Gasteiger partial charge in [-0.1, -0.05) is 20.8 Å². The number of guanidine groups is 1. The van der Waals surface area contributed by atoms with E-state index in [1.165, 1.54) is 0 Å². The lowest BCUT2D eigenvalue weighted by atomic mass is 9.94. The largest absolute Gasteiger partial charge is 0.443 e. The Kier molecular flexibility index (Phi) is 5.18. The maximum absolute atomic E-state index is 5.74. The molecule has 0 aliphatic rings. The van der Waals surface area contributed by atoms with Crippen LogP contribution in [-0.4, -0.2) is 23.0 Å². The van der Waals surface area contributed by atoms with Crippen molar-refractivity contribution >= 4 is 17.3 Å². The van der Waals surface area contributed by atoms with Gasteiger partial charge in [-0.3, -0.25) is 4.99 Å². The van der Waals surface area contributed by atoms with Gasteiger partial charge in [-0.15, -0.1) is 11.3 Å². The smallest absolute Gasteiger partial charge is 0.213 e. The molecule has 0 aliphatic carbocycles. The van der Waals surface area contributed by atoms with Gasteiger partial charge in [0.1, 0.15) is 10.8 Å². The average molecular weight is 321 g/mol. The van der Waals surface area contributed by atoms with Crippen molar-refractivity contribution in [3.8, 4) is 0 Å². The molecule has 6 nitrogen and oxygen atoms in total. The van der Waals surface area contributed by atoms with E-state index in [9.17, 15) is 0 Å². The Labute approximate surface area is 135 Å². The normalized spacial score (nSPS) is 12.5. The van der Waals surface area contributed by atoms with Crippen LogP contribution in [0.4, 0.5) is 0 Å². The lowest BCUT2D eigenvalue weighted by Crippen LogP contribution is -2.36. The van der Waals surface area contributed by atoms with Crippen molar-refractivity contribution in [1.82, 2.24) is 20.6 Å². The van der Waals surface area contributed by atoms with E-state index in [1.54, 1.807) is 24.6 Å². The Hall–Kier alpha value is -1.89. The van der Waals surface area contributed by atoms with E-state index in [-0.39, 0.29) is 5.41 Å². The SMILES string of the molecule is CN=C(NCc1ncc(C(C)(C)C)o1)NCc1nc(C)cs1. The minimum Gasteiger partial charge on any atom is -0.443 e. The fraction of sp³-hybridized carbons (Fsp3) is 0.533. The highest BCUT2D eigenvalue weighted by Crippen LogP contribution is 2.22. The molecule has 120 valence electrons. The fourth-order valence-corrected chi connectivity index (χ4v) is 2.47. The first-order valence-electron chi connectivity index (χ1n) is 7.19. The van der Waals surface area contributed by atoms with Gasteiger partial charge in [0.15, 0.2) is 5.96 Å². The Morgan fingerprint density at radius 3 is 2.59 bits per heavy atom. The predicted molar refractivity (Wildman–Crippen MR) is 89.1 cm³/mol. The number of nitrogens with one attached hydrogen (secondary N) is 2. The molecule has 0 radical (unpaired) electrons. The first kappa shape index (κ1) is 16.5. The number of aliphatic imine (C=N–C) groups is 1. The van der Waals surface area contributed by atoms with Gasteiger partial charge in [0.2, 0.25) is 5.89 Å². The minimum absolute atomic E-state index is 0.0339. The summed E-state index contributed by atoms with van der Waals surface area (Å²) in [5.74, 6) is 2.23. The molecule has 22 heavy (non-hydrogen) atoms. The van der Waals surface area contributed by atoms with Crippen LogP contribution >= 0.6 is 11.3 Å². The molecule has 2 aromatic rings. The molecule has 0 saturated heterocycles. The lowest BCUT2D eigenvalue weighted by Gasteiger charge is -2.13. The highest BCUT2D eigenvalue weighted by atomic mass is 32.1. The molecule has 0 aliphatic heterocycles. The van der Waals surface area contributed by atoms with Gasteiger partial charge in [-0.2, -0.15) is 0 Å². The summed E-state index contributed by atoms with van der Waals surface area (Å²) in [7, 11) is 1.73. The third-order valence-corrected chi connectivity index (χ3v) is 3.96. The lowest BCUT2D eigenvalue weighted by molar-refractivity contribution is 0.379. The Bertz CT molecular complexity index is 638. The third kappa shape index (κ3) is 4.56. The number of rotatable bonds is 4. The molecule has 2 aromatic heterocycles. The molecule has 0 unspecified atom stereocenters. The van der Waals surface area contributed by atoms with E-state index < -0.39 is 0 Å². The van der Waals surface area contributed by atoms with Crippen molar-refractivity contribution in [2.45, 2.75) is 46.2 Å². The molecule has 0 atom stereocenters. The summed E-state index contributed by atoms with van der Waals surface area (Å²) in [6.07, 6.45) is 1.78. The van der Waals surface area contributed by atoms with Crippen LogP contribution in [0.5, 0.6) is 0 Å². The Balaban J connectivity index is 1.85. The molecular weight excluding hydrogens is 298 g/mol. The molecule has 0 spiro atoms. The van der Waals surface area contributed by atoms with Crippen LogP contribution in [-0.2, 0) is 18.5 Å². The second kappa shape index (κ2) is 6.91. The summed E-state index contributed by atoms with van der Waals surface area (Å²) in [6.45, 7) is 9.43. The molecule has 2 rings (SSSR count). The van der Waals surface area contributed by atoms with Crippen molar-refractivity contribution in [1.29, 1.82) is 0 Å². The number of nitrogens with zero attached hydrogens (tertiary/aromatic N) is 3. The number of aromatic nitrogens is 2. The topological polar surface area (TPSA) is 75.3 Å². The molecule has 2 N–H and O–H groups in total. The number of hydrogen-bond acceptors (Lipinski definition) is 5. The maximum Gasteiger partial charge on any atom is 0.213 e. The van der Waals surface area contributed by atoms with Crippen LogP contribution in [0.25, 0.3) is 0 Å². The zero-order valence-electron chi connectivity index (χ0n) is 13.7. The van der Waals surface area contributed by atoms with Gasteiger partial charge in [-0.25, -0.2) is 9.97 Å². The van der Waals surface area contributed by atoms with Gasteiger partial charge < -0.3 is 15.1 Å². The number of oxazole rings is 1. The van der Waals surface area contributed by atoms with E-state index in [2.05, 4.69) is 46.4 Å². The van der Waals surface area contributed by atoms with E-state index in [4.69, 9.17) is 4.42 Å². The molecule has 2 heterocycles. The van der Waals surface area contributed by atoms with Crippen LogP contribution in [0.1, 0.15) is 43.1 Å². The van der Waals surface area contributed by atoms with Crippen LogP contribution in [0.3, 0.4) is 0 Å². The van der Waals surface area contributed by atoms with Crippen LogP contribution in [0.15, 0.2) is 21.0 Å². The minimum atomic E-state index is -0.0339. The van der Waals surface area contributed by atoms with Gasteiger partial charge in [0.05, 0.1) is 19.3 Å². The highest BCUT2D eigenvalue weighted by Gasteiger charge is 2.19. The maximum atomic E-state index is 5.74. The number of aryl methyl sites for hydroxylation is 1. The van der Waals surface area contributed by atoms with Gasteiger partial charge in [0, 0.05) is 23.5 Å². The summed E-state index contributed by atoms with van der Waals surface area (Å²) in [6, 6.07) is 0. The van der Waals surface area contributed by atoms with Crippen LogP contribution < -0.4 is 10.6 Å². The molecular formula is C15H23N5OS. The first-order chi connectivity index (χ1) is 10.4. The van der Waals surface area contributed by atoms with Gasteiger partial charge in [0.25, 0.3) is 0 Å². The van der Waals surface area contributed by atoms with Gasteiger partial charge in [-0.05, 0) is 6.92 Å². The molecule has 0 fully saturated rings. The third-order valence-electron chi connectivity index (χ3n) is 3.00. The Morgan fingerprint density at radius 2 is 2.05 bits per heavy atom. The number of thiazole rings is 1. The summed E-state index contributed by atoms with van der Waals surface area (Å²) in [5, 5.41) is 9.48. The summed E-state index contributed by atoms with van der Waals surface area (Å²) >= 11 is 1.64. The molecule has 0 bridgehead atoms. The van der Waals surface area contributed by atoms with Crippen LogP contribution in [0.2, 0.25) is 0 Å². The van der Waals surface area contributed by atoms with Crippen molar-refractivity contribution in [3.63, 3.8) is 0 Å². The average Bonchev–Trinajstić information content (AvgIpc) is 3.07. The zero-order valence-corrected chi connectivity index (χ0v) is 14.5. The van der Waals surface area contributed by atoms with E-state index in [0.717, 1.165) is 16.5 Å². The first-order valence-corrected chi connectivity index (χ1v) is 8.07. The fourth-order valence-electron chi connectivity index (χ4n) is 1.76. The summed E-state index contributed by atoms with van der Waals surface area (Å²) in [5.41, 5.74) is 1.01. The quantitative estimate of drug-likeness (QED) is 0.669. The molecule has 7 heteroatoms. The monoisotopic (exact) mass is 321 g/mol. The van der Waals surface area contributed by atoms with Gasteiger partial charge >= 0.3 is 0 Å². The zero-order chi connectivity index (χ0) is 16.2. The Morgan fingerprint density at radius 1 is 1.32 bits per heavy atom. The predicted octanol–water partition coefficient (Wildman–Crippen LogP) is 2.60. The highest BCUT2D eigenvalue weighted by molar-refractivity contribution is 7.09. The standard InChI is InChI=1S/C15H23N5OS/c1-10-9-22-13(20-10)8-19-14(16-5)18-7-12-17-6-11(21-12)15(2,3)4/h6,9H,7-8H2,1-5H3,(H2,16,18,19). The second-order valence-electron chi connectivity index (χ2n) is 6.03. The number of hydrogen-bond donors (Lipinski definition) is 2. The molecule has 0 aromatic carbocycles. The van der Waals surface area contributed by atoms with E-state index >= 15 is 0 Å². The summed E-state index contributed by atoms with van der Waals surface area (Å²) < 4.78 is 5.74. The van der Waals surface area contributed by atoms with E-state index in [1.807, 2.05) is 12.3 Å². The second-order valence-corrected chi connectivity index (χ2v) is 6.97. The van der Waals surface area contributed by atoms with Crippen molar-refractivity contribution < 1.29 is 4.42 Å². The van der Waals surface area contributed by atoms with Crippen LogP contribution in [0, 0.1) is 6.92 Å². The van der Waals surface area contributed by atoms with E-state index in [0.29, 0.717) is 24.9 Å². The molecule has 0 saturated carbocycles. The molecule has 0 amide bonds. The van der Waals surface area contributed by atoms with Crippen molar-refractivity contribution in [2.24, 2.45) is 4.99 Å². The van der Waals surface area contributed by atoms with Crippen molar-refractivity contribution in [3.05, 3.63) is 33.9 Å². The summed E-state index contributed by atoms with van der Waals surface area (Å²) in [4.78, 5) is 12.9. The van der Waals surface area contributed by atoms with Crippen molar-refractivity contribution in [2.75, 3.05) is 7.05 Å².